The molecule has 4 nitrogen and oxygen atoms in total. The van der Waals surface area contributed by atoms with Crippen molar-refractivity contribution in [2.45, 2.75) is 6.29 Å². The van der Waals surface area contributed by atoms with Crippen LogP contribution in [-0.4, -0.2) is 43.4 Å². The SMILES string of the molecule is CN1CCOC(OC(=O)Cl)C1. The number of morpholine rings is 1. The second-order valence-electron chi connectivity index (χ2n) is 2.42. The summed E-state index contributed by atoms with van der Waals surface area (Å²) >= 11 is 5.00. The van der Waals surface area contributed by atoms with Crippen molar-refractivity contribution in [3.63, 3.8) is 0 Å². The first kappa shape index (κ1) is 8.77. The van der Waals surface area contributed by atoms with Gasteiger partial charge in [0.25, 0.3) is 0 Å². The molecule has 5 heteroatoms. The number of nitrogens with zero attached hydrogens (tertiary/aromatic N) is 1. The van der Waals surface area contributed by atoms with Gasteiger partial charge in [-0.2, -0.15) is 0 Å². The van der Waals surface area contributed by atoms with E-state index in [1.807, 2.05) is 11.9 Å². The minimum Gasteiger partial charge on any atom is -0.422 e. The van der Waals surface area contributed by atoms with E-state index in [4.69, 9.17) is 16.3 Å². The fourth-order valence-corrected chi connectivity index (χ4v) is 1.01. The first-order chi connectivity index (χ1) is 5.18. The summed E-state index contributed by atoms with van der Waals surface area (Å²) in [6.45, 7) is 2.01. The van der Waals surface area contributed by atoms with Gasteiger partial charge in [0.2, 0.25) is 6.29 Å². The van der Waals surface area contributed by atoms with Crippen LogP contribution in [0.15, 0.2) is 0 Å². The second-order valence-corrected chi connectivity index (χ2v) is 2.73. The van der Waals surface area contributed by atoms with Crippen LogP contribution in [0, 0.1) is 0 Å². The molecule has 0 aromatic carbocycles. The highest BCUT2D eigenvalue weighted by Crippen LogP contribution is 2.05. The fourth-order valence-electron chi connectivity index (χ4n) is 0.913. The van der Waals surface area contributed by atoms with Gasteiger partial charge in [-0.25, -0.2) is 4.79 Å². The van der Waals surface area contributed by atoms with E-state index in [-0.39, 0.29) is 0 Å². The van der Waals surface area contributed by atoms with Gasteiger partial charge < -0.3 is 9.47 Å². The molecule has 1 fully saturated rings. The van der Waals surface area contributed by atoms with Gasteiger partial charge in [-0.1, -0.05) is 0 Å². The van der Waals surface area contributed by atoms with Gasteiger partial charge in [0.1, 0.15) is 0 Å². The molecule has 0 aliphatic carbocycles. The summed E-state index contributed by atoms with van der Waals surface area (Å²) in [6, 6.07) is 0. The number of likely N-dealkylation sites (N-methyl/N-ethyl adjacent to an activating group) is 1. The minimum absolute atomic E-state index is 0.501. The molecule has 0 bridgehead atoms. The molecule has 1 heterocycles. The van der Waals surface area contributed by atoms with Crippen molar-refractivity contribution in [2.24, 2.45) is 0 Å². The van der Waals surface area contributed by atoms with Crippen LogP contribution in [0.5, 0.6) is 0 Å². The zero-order chi connectivity index (χ0) is 8.27. The van der Waals surface area contributed by atoms with E-state index in [1.165, 1.54) is 0 Å². The maximum atomic E-state index is 10.3. The Morgan fingerprint density at radius 1 is 1.82 bits per heavy atom. The van der Waals surface area contributed by atoms with Gasteiger partial charge in [-0.3, -0.25) is 4.90 Å². The Morgan fingerprint density at radius 3 is 3.09 bits per heavy atom. The summed E-state index contributed by atoms with van der Waals surface area (Å²) in [4.78, 5) is 12.3. The van der Waals surface area contributed by atoms with Crippen molar-refractivity contribution in [2.75, 3.05) is 26.7 Å². The van der Waals surface area contributed by atoms with E-state index in [2.05, 4.69) is 4.74 Å². The molecule has 0 saturated carbocycles. The van der Waals surface area contributed by atoms with E-state index in [0.29, 0.717) is 13.2 Å². The van der Waals surface area contributed by atoms with Crippen LogP contribution in [0.1, 0.15) is 0 Å². The third kappa shape index (κ3) is 3.05. The Kier molecular flexibility index (Phi) is 3.11. The second kappa shape index (κ2) is 3.90. The highest BCUT2D eigenvalue weighted by atomic mass is 35.5. The van der Waals surface area contributed by atoms with Crippen LogP contribution in [0.25, 0.3) is 0 Å². The molecule has 1 aliphatic rings. The van der Waals surface area contributed by atoms with Crippen molar-refractivity contribution in [1.29, 1.82) is 0 Å². The summed E-state index contributed by atoms with van der Waals surface area (Å²) in [5, 5.41) is 0. The first-order valence-corrected chi connectivity index (χ1v) is 3.72. The molecule has 0 aromatic rings. The number of hydrogen-bond donors (Lipinski definition) is 0. The van der Waals surface area contributed by atoms with Gasteiger partial charge in [-0.15, -0.1) is 0 Å². The van der Waals surface area contributed by atoms with Crippen molar-refractivity contribution >= 4 is 17.0 Å². The molecule has 11 heavy (non-hydrogen) atoms. The predicted octanol–water partition coefficient (Wildman–Crippen LogP) is 0.650. The monoisotopic (exact) mass is 179 g/mol. The lowest BCUT2D eigenvalue weighted by atomic mass is 10.4. The van der Waals surface area contributed by atoms with Crippen LogP contribution in [0.2, 0.25) is 0 Å². The lowest BCUT2D eigenvalue weighted by Gasteiger charge is -2.28. The van der Waals surface area contributed by atoms with E-state index in [9.17, 15) is 4.79 Å². The van der Waals surface area contributed by atoms with Crippen molar-refractivity contribution in [3.05, 3.63) is 0 Å². The lowest BCUT2D eigenvalue weighted by Crippen LogP contribution is -2.41. The highest BCUT2D eigenvalue weighted by molar-refractivity contribution is 6.61. The van der Waals surface area contributed by atoms with Gasteiger partial charge in [0, 0.05) is 18.1 Å². The molecular weight excluding hydrogens is 170 g/mol. The predicted molar refractivity (Wildman–Crippen MR) is 39.6 cm³/mol. The minimum atomic E-state index is -0.815. The number of rotatable bonds is 1. The fraction of sp³-hybridized carbons (Fsp3) is 0.833. The highest BCUT2D eigenvalue weighted by Gasteiger charge is 2.20. The number of halogens is 1. The molecule has 0 N–H and O–H groups in total. The molecule has 1 rings (SSSR count). The summed E-state index contributed by atoms with van der Waals surface area (Å²) in [7, 11) is 1.93. The molecule has 0 spiro atoms. The van der Waals surface area contributed by atoms with E-state index in [0.717, 1.165) is 6.54 Å². The Labute approximate surface area is 70.0 Å². The van der Waals surface area contributed by atoms with Crippen LogP contribution >= 0.6 is 11.6 Å². The summed E-state index contributed by atoms with van der Waals surface area (Å²) in [5.41, 5.74) is -0.815. The van der Waals surface area contributed by atoms with Gasteiger partial charge >= 0.3 is 5.43 Å². The average molecular weight is 180 g/mol. The van der Waals surface area contributed by atoms with Crippen molar-refractivity contribution < 1.29 is 14.3 Å². The topological polar surface area (TPSA) is 38.8 Å². The van der Waals surface area contributed by atoms with Gasteiger partial charge in [0.15, 0.2) is 0 Å². The van der Waals surface area contributed by atoms with Crippen LogP contribution < -0.4 is 0 Å². The van der Waals surface area contributed by atoms with Crippen molar-refractivity contribution in [3.8, 4) is 0 Å². The summed E-state index contributed by atoms with van der Waals surface area (Å²) in [6.07, 6.45) is -0.501. The zero-order valence-corrected chi connectivity index (χ0v) is 7.00. The number of carbonyl (C=O) groups is 1. The molecule has 0 radical (unpaired) electrons. The molecule has 64 valence electrons. The number of ether oxygens (including phenoxy) is 2. The Hall–Kier alpha value is -0.320. The molecule has 1 unspecified atom stereocenters. The largest absolute Gasteiger partial charge is 0.422 e. The number of hydrogen-bond acceptors (Lipinski definition) is 4. The molecule has 1 saturated heterocycles. The van der Waals surface area contributed by atoms with Crippen LogP contribution in [0.4, 0.5) is 4.79 Å². The normalized spacial score (nSPS) is 26.5. The van der Waals surface area contributed by atoms with E-state index < -0.39 is 11.7 Å². The van der Waals surface area contributed by atoms with E-state index >= 15 is 0 Å². The smallest absolute Gasteiger partial charge is 0.406 e. The third-order valence-electron chi connectivity index (χ3n) is 1.46. The maximum Gasteiger partial charge on any atom is 0.406 e. The maximum absolute atomic E-state index is 10.3. The first-order valence-electron chi connectivity index (χ1n) is 3.35. The Balaban J connectivity index is 2.28. The van der Waals surface area contributed by atoms with Crippen molar-refractivity contribution in [1.82, 2.24) is 4.90 Å². The standard InChI is InChI=1S/C6H10ClNO3/c1-8-2-3-10-5(4-8)11-6(7)9/h5H,2-4H2,1H3. The van der Waals surface area contributed by atoms with Gasteiger partial charge in [0.05, 0.1) is 13.2 Å². The zero-order valence-electron chi connectivity index (χ0n) is 6.25. The Morgan fingerprint density at radius 2 is 2.55 bits per heavy atom. The Bertz CT molecular complexity index is 153. The quantitative estimate of drug-likeness (QED) is 0.554. The molecule has 1 atom stereocenters. The van der Waals surface area contributed by atoms with Crippen LogP contribution in [0.3, 0.4) is 0 Å². The average Bonchev–Trinajstić information content (AvgIpc) is 1.85. The molecule has 0 aromatic heterocycles. The van der Waals surface area contributed by atoms with Gasteiger partial charge in [-0.05, 0) is 7.05 Å². The summed E-state index contributed by atoms with van der Waals surface area (Å²) < 4.78 is 9.71. The number of carbonyl (C=O) groups excluding carboxylic acids is 1. The molecule has 0 amide bonds. The molecular formula is C6H10ClNO3. The molecule has 1 aliphatic heterocycles. The third-order valence-corrected chi connectivity index (χ3v) is 1.55. The van der Waals surface area contributed by atoms with E-state index in [1.54, 1.807) is 0 Å². The van der Waals surface area contributed by atoms with Crippen LogP contribution in [-0.2, 0) is 9.47 Å². The summed E-state index contributed by atoms with van der Waals surface area (Å²) in [5.74, 6) is 0. The lowest BCUT2D eigenvalue weighted by molar-refractivity contribution is -0.138.